The lowest BCUT2D eigenvalue weighted by molar-refractivity contribution is 0.0129. The average Bonchev–Trinajstić information content (AvgIpc) is 2.01. The standard InChI is InChI=1S/C10H21NO/c1-8(2)7-11-10-4-5-12-9(3)6-10/h8-11H,4-7H2,1-3H3. The van der Waals surface area contributed by atoms with Gasteiger partial charge in [-0.3, -0.25) is 0 Å². The predicted molar refractivity (Wildman–Crippen MR) is 51.3 cm³/mol. The van der Waals surface area contributed by atoms with Crippen LogP contribution in [0, 0.1) is 5.92 Å². The van der Waals surface area contributed by atoms with Crippen molar-refractivity contribution in [3.63, 3.8) is 0 Å². The molecule has 72 valence electrons. The van der Waals surface area contributed by atoms with Crippen molar-refractivity contribution in [3.05, 3.63) is 0 Å². The number of hydrogen-bond acceptors (Lipinski definition) is 2. The molecule has 0 aromatic carbocycles. The van der Waals surface area contributed by atoms with Crippen molar-refractivity contribution in [2.75, 3.05) is 13.2 Å². The molecule has 0 aliphatic carbocycles. The predicted octanol–water partition coefficient (Wildman–Crippen LogP) is 1.80. The van der Waals surface area contributed by atoms with Crippen LogP contribution in [0.3, 0.4) is 0 Å². The first-order chi connectivity index (χ1) is 5.68. The van der Waals surface area contributed by atoms with Crippen molar-refractivity contribution in [1.82, 2.24) is 5.32 Å². The minimum atomic E-state index is 0.448. The first kappa shape index (κ1) is 10.0. The van der Waals surface area contributed by atoms with Gasteiger partial charge in [-0.2, -0.15) is 0 Å². The molecule has 1 aliphatic rings. The Morgan fingerprint density at radius 3 is 2.83 bits per heavy atom. The van der Waals surface area contributed by atoms with Gasteiger partial charge >= 0.3 is 0 Å². The van der Waals surface area contributed by atoms with Gasteiger partial charge < -0.3 is 10.1 Å². The van der Waals surface area contributed by atoms with Crippen molar-refractivity contribution < 1.29 is 4.74 Å². The Bertz CT molecular complexity index is 125. The highest BCUT2D eigenvalue weighted by atomic mass is 16.5. The lowest BCUT2D eigenvalue weighted by atomic mass is 10.0. The zero-order valence-electron chi connectivity index (χ0n) is 8.47. The molecule has 12 heavy (non-hydrogen) atoms. The number of hydrogen-bond donors (Lipinski definition) is 1. The van der Waals surface area contributed by atoms with Gasteiger partial charge in [0.25, 0.3) is 0 Å². The molecule has 0 saturated carbocycles. The van der Waals surface area contributed by atoms with Crippen molar-refractivity contribution in [3.8, 4) is 0 Å². The van der Waals surface area contributed by atoms with E-state index in [1.54, 1.807) is 0 Å². The maximum Gasteiger partial charge on any atom is 0.0561 e. The molecule has 0 aromatic heterocycles. The molecule has 1 fully saturated rings. The SMILES string of the molecule is CC(C)CNC1CCOC(C)C1. The van der Waals surface area contributed by atoms with E-state index in [9.17, 15) is 0 Å². The largest absolute Gasteiger partial charge is 0.378 e. The third kappa shape index (κ3) is 3.55. The van der Waals surface area contributed by atoms with Crippen LogP contribution in [-0.2, 0) is 4.74 Å². The maximum atomic E-state index is 5.47. The van der Waals surface area contributed by atoms with Crippen LogP contribution in [0.15, 0.2) is 0 Å². The first-order valence-electron chi connectivity index (χ1n) is 5.03. The Morgan fingerprint density at radius 2 is 2.25 bits per heavy atom. The van der Waals surface area contributed by atoms with E-state index in [0.29, 0.717) is 12.1 Å². The first-order valence-corrected chi connectivity index (χ1v) is 5.03. The molecule has 1 N–H and O–H groups in total. The van der Waals surface area contributed by atoms with Crippen LogP contribution in [0.2, 0.25) is 0 Å². The summed E-state index contributed by atoms with van der Waals surface area (Å²) in [6, 6.07) is 0.691. The lowest BCUT2D eigenvalue weighted by Gasteiger charge is -2.28. The summed E-state index contributed by atoms with van der Waals surface area (Å²) >= 11 is 0. The molecule has 0 aromatic rings. The molecule has 0 spiro atoms. The summed E-state index contributed by atoms with van der Waals surface area (Å²) in [5.74, 6) is 0.753. The summed E-state index contributed by atoms with van der Waals surface area (Å²) in [6.45, 7) is 8.71. The van der Waals surface area contributed by atoms with Crippen LogP contribution < -0.4 is 5.32 Å². The Labute approximate surface area is 75.7 Å². The molecular weight excluding hydrogens is 150 g/mol. The van der Waals surface area contributed by atoms with Crippen molar-refractivity contribution in [2.24, 2.45) is 5.92 Å². The summed E-state index contributed by atoms with van der Waals surface area (Å²) in [6.07, 6.45) is 2.80. The zero-order chi connectivity index (χ0) is 8.97. The topological polar surface area (TPSA) is 21.3 Å². The van der Waals surface area contributed by atoms with E-state index >= 15 is 0 Å². The fourth-order valence-corrected chi connectivity index (χ4v) is 1.59. The monoisotopic (exact) mass is 171 g/mol. The zero-order valence-corrected chi connectivity index (χ0v) is 8.47. The van der Waals surface area contributed by atoms with Crippen molar-refractivity contribution in [1.29, 1.82) is 0 Å². The molecule has 2 unspecified atom stereocenters. The highest BCUT2D eigenvalue weighted by Gasteiger charge is 2.18. The van der Waals surface area contributed by atoms with Gasteiger partial charge in [0.15, 0.2) is 0 Å². The lowest BCUT2D eigenvalue weighted by Crippen LogP contribution is -2.39. The molecule has 0 bridgehead atoms. The Hall–Kier alpha value is -0.0800. The molecule has 1 rings (SSSR count). The number of ether oxygens (including phenoxy) is 1. The van der Waals surface area contributed by atoms with Crippen LogP contribution in [-0.4, -0.2) is 25.3 Å². The van der Waals surface area contributed by atoms with E-state index in [1.807, 2.05) is 0 Å². The van der Waals surface area contributed by atoms with E-state index < -0.39 is 0 Å². The molecule has 2 heteroatoms. The second-order valence-electron chi connectivity index (χ2n) is 4.20. The molecule has 1 saturated heterocycles. The van der Waals surface area contributed by atoms with Gasteiger partial charge in [-0.25, -0.2) is 0 Å². The molecule has 0 radical (unpaired) electrons. The summed E-state index contributed by atoms with van der Waals surface area (Å²) in [4.78, 5) is 0. The van der Waals surface area contributed by atoms with E-state index in [0.717, 1.165) is 19.1 Å². The Kier molecular flexibility index (Phi) is 4.02. The summed E-state index contributed by atoms with van der Waals surface area (Å²) < 4.78 is 5.47. The molecular formula is C10H21NO. The van der Waals surface area contributed by atoms with Crippen LogP contribution in [0.5, 0.6) is 0 Å². The highest BCUT2D eigenvalue weighted by Crippen LogP contribution is 2.13. The summed E-state index contributed by atoms with van der Waals surface area (Å²) in [7, 11) is 0. The smallest absolute Gasteiger partial charge is 0.0561 e. The minimum Gasteiger partial charge on any atom is -0.378 e. The molecule has 2 atom stereocenters. The van der Waals surface area contributed by atoms with Crippen LogP contribution >= 0.6 is 0 Å². The van der Waals surface area contributed by atoms with E-state index in [-0.39, 0.29) is 0 Å². The van der Waals surface area contributed by atoms with Gasteiger partial charge in [0.1, 0.15) is 0 Å². The third-order valence-corrected chi connectivity index (χ3v) is 2.30. The molecule has 0 amide bonds. The van der Waals surface area contributed by atoms with Crippen LogP contribution in [0.1, 0.15) is 33.6 Å². The summed E-state index contributed by atoms with van der Waals surface area (Å²) in [5.41, 5.74) is 0. The average molecular weight is 171 g/mol. The minimum absolute atomic E-state index is 0.448. The Balaban J connectivity index is 2.14. The number of rotatable bonds is 3. The van der Waals surface area contributed by atoms with Crippen molar-refractivity contribution >= 4 is 0 Å². The second-order valence-corrected chi connectivity index (χ2v) is 4.20. The van der Waals surface area contributed by atoms with Gasteiger partial charge in [-0.15, -0.1) is 0 Å². The van der Waals surface area contributed by atoms with E-state index in [2.05, 4.69) is 26.1 Å². The van der Waals surface area contributed by atoms with Gasteiger partial charge in [0.05, 0.1) is 6.10 Å². The van der Waals surface area contributed by atoms with Gasteiger partial charge in [-0.05, 0) is 32.2 Å². The van der Waals surface area contributed by atoms with E-state index in [4.69, 9.17) is 4.74 Å². The molecule has 1 aliphatic heterocycles. The van der Waals surface area contributed by atoms with Gasteiger partial charge in [-0.1, -0.05) is 13.8 Å². The summed E-state index contributed by atoms with van der Waals surface area (Å²) in [5, 5.41) is 3.57. The van der Waals surface area contributed by atoms with Crippen molar-refractivity contribution in [2.45, 2.75) is 45.8 Å². The van der Waals surface area contributed by atoms with Gasteiger partial charge in [0.2, 0.25) is 0 Å². The third-order valence-electron chi connectivity index (χ3n) is 2.30. The number of nitrogens with one attached hydrogen (secondary N) is 1. The fourth-order valence-electron chi connectivity index (χ4n) is 1.59. The van der Waals surface area contributed by atoms with Gasteiger partial charge in [0, 0.05) is 12.6 Å². The molecule has 2 nitrogen and oxygen atoms in total. The second kappa shape index (κ2) is 4.83. The Morgan fingerprint density at radius 1 is 1.50 bits per heavy atom. The quantitative estimate of drug-likeness (QED) is 0.699. The highest BCUT2D eigenvalue weighted by molar-refractivity contribution is 4.74. The van der Waals surface area contributed by atoms with E-state index in [1.165, 1.54) is 12.8 Å². The fraction of sp³-hybridized carbons (Fsp3) is 1.00. The van der Waals surface area contributed by atoms with Crippen LogP contribution in [0.4, 0.5) is 0 Å². The normalized spacial score (nSPS) is 31.0. The van der Waals surface area contributed by atoms with Crippen LogP contribution in [0.25, 0.3) is 0 Å². The molecule has 1 heterocycles. The maximum absolute atomic E-state index is 5.47.